The molecule has 1 atom stereocenters. The Kier molecular flexibility index (Phi) is 5.91. The molecule has 0 aromatic heterocycles. The average Bonchev–Trinajstić information content (AvgIpc) is 2.66. The molecule has 1 aliphatic carbocycles. The topological polar surface area (TPSA) is 98.8 Å². The van der Waals surface area contributed by atoms with Crippen LogP contribution in [0.3, 0.4) is 0 Å². The number of fused-ring (bicyclic) bond motifs is 1. The first-order valence-corrected chi connectivity index (χ1v) is 10.8. The summed E-state index contributed by atoms with van der Waals surface area (Å²) in [5.41, 5.74) is 0.396. The van der Waals surface area contributed by atoms with Crippen LogP contribution >= 0.6 is 11.8 Å². The number of hydrogen-bond acceptors (Lipinski definition) is 7. The highest BCUT2D eigenvalue weighted by atomic mass is 32.2. The van der Waals surface area contributed by atoms with Crippen LogP contribution in [0.25, 0.3) is 0 Å². The number of thioether (sulfide) groups is 1. The first-order valence-electron chi connectivity index (χ1n) is 8.32. The summed E-state index contributed by atoms with van der Waals surface area (Å²) in [6, 6.07) is 4.44. The third-order valence-corrected chi connectivity index (χ3v) is 6.22. The van der Waals surface area contributed by atoms with Crippen molar-refractivity contribution >= 4 is 32.7 Å². The van der Waals surface area contributed by atoms with E-state index in [1.807, 2.05) is 0 Å². The number of sulfonamides is 1. The van der Waals surface area contributed by atoms with Crippen molar-refractivity contribution in [2.45, 2.75) is 18.2 Å². The van der Waals surface area contributed by atoms with Crippen LogP contribution in [0.1, 0.15) is 13.3 Å². The molecule has 1 aromatic carbocycles. The highest BCUT2D eigenvalue weighted by Crippen LogP contribution is 2.32. The van der Waals surface area contributed by atoms with Gasteiger partial charge in [-0.2, -0.15) is 0 Å². The summed E-state index contributed by atoms with van der Waals surface area (Å²) in [6.45, 7) is 2.22. The molecule has 0 fully saturated rings. The molecule has 0 bridgehead atoms. The van der Waals surface area contributed by atoms with Gasteiger partial charge >= 0.3 is 0 Å². The quantitative estimate of drug-likeness (QED) is 0.768. The Hall–Kier alpha value is -2.26. The molecular weight excluding hydrogens is 390 g/mol. The van der Waals surface area contributed by atoms with Crippen LogP contribution in [-0.2, 0) is 19.6 Å². The lowest BCUT2D eigenvalue weighted by molar-refractivity contribution is -0.119. The zero-order valence-corrected chi connectivity index (χ0v) is 16.3. The van der Waals surface area contributed by atoms with E-state index in [0.29, 0.717) is 36.8 Å². The van der Waals surface area contributed by atoms with E-state index in [1.165, 1.54) is 19.1 Å². The lowest BCUT2D eigenvalue weighted by atomic mass is 9.96. The lowest BCUT2D eigenvalue weighted by Crippen LogP contribution is -2.25. The van der Waals surface area contributed by atoms with Gasteiger partial charge in [0.1, 0.15) is 19.0 Å². The second-order valence-corrected chi connectivity index (χ2v) is 8.85. The Morgan fingerprint density at radius 1 is 1.22 bits per heavy atom. The molecule has 2 aliphatic rings. The van der Waals surface area contributed by atoms with Gasteiger partial charge in [-0.25, -0.2) is 8.42 Å². The minimum atomic E-state index is -3.79. The fourth-order valence-corrected chi connectivity index (χ4v) is 4.27. The number of carbonyl (C=O) groups is 2. The van der Waals surface area contributed by atoms with Crippen LogP contribution in [0, 0.1) is 5.92 Å². The van der Waals surface area contributed by atoms with Crippen molar-refractivity contribution in [3.8, 4) is 11.5 Å². The molecule has 1 aliphatic heterocycles. The van der Waals surface area contributed by atoms with Crippen molar-refractivity contribution in [1.82, 2.24) is 4.72 Å². The number of carbonyl (C=O) groups excluding carboxylic acids is 2. The average molecular weight is 409 g/mol. The number of ketones is 1. The number of allylic oxidation sites excluding steroid dienone is 3. The summed E-state index contributed by atoms with van der Waals surface area (Å²) in [6.07, 6.45) is 5.27. The predicted octanol–water partition coefficient (Wildman–Crippen LogP) is 2.04. The Bertz CT molecular complexity index is 920. The number of Topliss-reactive ketones (excluding diaryl/α,β-unsaturated/α-hetero) is 1. The van der Waals surface area contributed by atoms with Gasteiger partial charge in [-0.05, 0) is 24.6 Å². The maximum atomic E-state index is 12.6. The fourth-order valence-electron chi connectivity index (χ4n) is 2.62. The van der Waals surface area contributed by atoms with Crippen LogP contribution in [0.2, 0.25) is 0 Å². The van der Waals surface area contributed by atoms with Crippen molar-refractivity contribution in [2.75, 3.05) is 19.0 Å². The zero-order chi connectivity index (χ0) is 19.4. The van der Waals surface area contributed by atoms with Gasteiger partial charge in [0.25, 0.3) is 10.0 Å². The molecule has 0 spiro atoms. The molecule has 27 heavy (non-hydrogen) atoms. The van der Waals surface area contributed by atoms with Gasteiger partial charge < -0.3 is 9.47 Å². The van der Waals surface area contributed by atoms with Crippen molar-refractivity contribution in [3.63, 3.8) is 0 Å². The molecule has 1 heterocycles. The molecule has 144 valence electrons. The van der Waals surface area contributed by atoms with Crippen molar-refractivity contribution in [3.05, 3.63) is 42.1 Å². The van der Waals surface area contributed by atoms with Gasteiger partial charge in [0.15, 0.2) is 16.6 Å². The minimum Gasteiger partial charge on any atom is -0.486 e. The second-order valence-electron chi connectivity index (χ2n) is 6.02. The smallest absolute Gasteiger partial charge is 0.262 e. The number of nitrogens with one attached hydrogen (secondary N) is 1. The molecule has 1 N–H and O–H groups in total. The van der Waals surface area contributed by atoms with E-state index in [1.54, 1.807) is 24.3 Å². The monoisotopic (exact) mass is 409 g/mol. The summed E-state index contributed by atoms with van der Waals surface area (Å²) >= 11 is 0.976. The van der Waals surface area contributed by atoms with E-state index in [-0.39, 0.29) is 27.5 Å². The van der Waals surface area contributed by atoms with Crippen LogP contribution in [-0.4, -0.2) is 38.3 Å². The third kappa shape index (κ3) is 4.92. The van der Waals surface area contributed by atoms with E-state index in [2.05, 4.69) is 4.72 Å². The van der Waals surface area contributed by atoms with E-state index in [0.717, 1.165) is 11.8 Å². The number of hydrogen-bond donors (Lipinski definition) is 1. The van der Waals surface area contributed by atoms with Gasteiger partial charge in [-0.1, -0.05) is 23.9 Å². The Morgan fingerprint density at radius 3 is 2.63 bits per heavy atom. The molecule has 9 heteroatoms. The van der Waals surface area contributed by atoms with Crippen LogP contribution in [0.4, 0.5) is 0 Å². The number of rotatable bonds is 6. The first-order chi connectivity index (χ1) is 12.8. The standard InChI is InChI=1S/C18H19NO6S2/c1-12(20)26-11-16(21)13-2-4-14(5-3-13)19-27(22,23)15-6-7-17-18(10-15)25-9-8-24-17/h2,4-7,10,13,19H,3,8-9,11H2,1H3. The number of benzene rings is 1. The summed E-state index contributed by atoms with van der Waals surface area (Å²) in [4.78, 5) is 23.1. The Morgan fingerprint density at radius 2 is 1.96 bits per heavy atom. The highest BCUT2D eigenvalue weighted by molar-refractivity contribution is 8.14. The number of ether oxygens (including phenoxy) is 2. The summed E-state index contributed by atoms with van der Waals surface area (Å²) in [7, 11) is -3.79. The molecule has 0 saturated carbocycles. The minimum absolute atomic E-state index is 0.0588. The van der Waals surface area contributed by atoms with E-state index in [4.69, 9.17) is 9.47 Å². The highest BCUT2D eigenvalue weighted by Gasteiger charge is 2.22. The maximum Gasteiger partial charge on any atom is 0.262 e. The summed E-state index contributed by atoms with van der Waals surface area (Å²) in [5.74, 6) is 0.625. The molecule has 7 nitrogen and oxygen atoms in total. The third-order valence-electron chi connectivity index (χ3n) is 4.01. The lowest BCUT2D eigenvalue weighted by Gasteiger charge is -2.19. The molecule has 3 rings (SSSR count). The van der Waals surface area contributed by atoms with E-state index >= 15 is 0 Å². The molecule has 1 unspecified atom stereocenters. The van der Waals surface area contributed by atoms with Gasteiger partial charge in [0.05, 0.1) is 10.6 Å². The van der Waals surface area contributed by atoms with Gasteiger partial charge in [0, 0.05) is 24.6 Å². The molecular formula is C18H19NO6S2. The van der Waals surface area contributed by atoms with Gasteiger partial charge in [-0.3, -0.25) is 14.3 Å². The molecule has 0 saturated heterocycles. The summed E-state index contributed by atoms with van der Waals surface area (Å²) < 4.78 is 38.5. The molecule has 1 aromatic rings. The first kappa shape index (κ1) is 19.5. The summed E-state index contributed by atoms with van der Waals surface area (Å²) in [5, 5.41) is -0.105. The fraction of sp³-hybridized carbons (Fsp3) is 0.333. The maximum absolute atomic E-state index is 12.6. The van der Waals surface area contributed by atoms with Crippen LogP contribution in [0.15, 0.2) is 47.0 Å². The second kappa shape index (κ2) is 8.18. The zero-order valence-electron chi connectivity index (χ0n) is 14.6. The Labute approximate surface area is 161 Å². The van der Waals surface area contributed by atoms with Crippen molar-refractivity contribution < 1.29 is 27.5 Å². The Balaban J connectivity index is 1.64. The van der Waals surface area contributed by atoms with E-state index in [9.17, 15) is 18.0 Å². The van der Waals surface area contributed by atoms with E-state index < -0.39 is 10.0 Å². The van der Waals surface area contributed by atoms with Gasteiger partial charge in [-0.15, -0.1) is 0 Å². The van der Waals surface area contributed by atoms with Crippen LogP contribution in [0.5, 0.6) is 11.5 Å². The van der Waals surface area contributed by atoms with Crippen molar-refractivity contribution in [1.29, 1.82) is 0 Å². The molecule has 0 radical (unpaired) electrons. The SMILES string of the molecule is CC(=O)SCC(=O)C1C=CC(NS(=O)(=O)c2ccc3c(c2)OCCO3)=CC1. The van der Waals surface area contributed by atoms with Gasteiger partial charge in [0.2, 0.25) is 0 Å². The molecule has 0 amide bonds. The normalized spacial score (nSPS) is 18.6. The predicted molar refractivity (Wildman–Crippen MR) is 101 cm³/mol. The van der Waals surface area contributed by atoms with Crippen molar-refractivity contribution in [2.24, 2.45) is 5.92 Å². The largest absolute Gasteiger partial charge is 0.486 e. The van der Waals surface area contributed by atoms with Crippen LogP contribution < -0.4 is 14.2 Å².